The second-order valence-electron chi connectivity index (χ2n) is 5.93. The first-order valence-electron chi connectivity index (χ1n) is 8.46. The Morgan fingerprint density at radius 2 is 1.77 bits per heavy atom. The van der Waals surface area contributed by atoms with E-state index in [1.54, 1.807) is 18.3 Å². The molecule has 0 aliphatic rings. The van der Waals surface area contributed by atoms with Gasteiger partial charge in [-0.1, -0.05) is 30.3 Å². The van der Waals surface area contributed by atoms with E-state index in [-0.39, 0.29) is 5.82 Å². The molecule has 0 spiro atoms. The van der Waals surface area contributed by atoms with Gasteiger partial charge in [-0.05, 0) is 48.4 Å². The van der Waals surface area contributed by atoms with Crippen molar-refractivity contribution in [2.75, 3.05) is 11.9 Å². The van der Waals surface area contributed by atoms with Gasteiger partial charge in [0.15, 0.2) is 5.82 Å². The summed E-state index contributed by atoms with van der Waals surface area (Å²) < 4.78 is 13.3. The van der Waals surface area contributed by atoms with Crippen LogP contribution in [-0.2, 0) is 6.42 Å². The number of fused-ring (bicyclic) bond motifs is 1. The van der Waals surface area contributed by atoms with Gasteiger partial charge in [-0.3, -0.25) is 4.98 Å². The lowest BCUT2D eigenvalue weighted by Gasteiger charge is -2.11. The third kappa shape index (κ3) is 3.52. The van der Waals surface area contributed by atoms with Crippen LogP contribution in [0.2, 0.25) is 0 Å². The van der Waals surface area contributed by atoms with Gasteiger partial charge < -0.3 is 5.32 Å². The number of nitrogens with one attached hydrogen (secondary N) is 1. The number of para-hydroxylation sites is 1. The Kier molecular flexibility index (Phi) is 4.51. The molecule has 0 saturated heterocycles. The van der Waals surface area contributed by atoms with Crippen LogP contribution in [0.15, 0.2) is 72.9 Å². The van der Waals surface area contributed by atoms with Crippen molar-refractivity contribution in [3.63, 3.8) is 0 Å². The van der Waals surface area contributed by atoms with Crippen molar-refractivity contribution in [1.82, 2.24) is 15.0 Å². The monoisotopic (exact) mass is 344 g/mol. The van der Waals surface area contributed by atoms with Crippen molar-refractivity contribution in [2.45, 2.75) is 6.42 Å². The van der Waals surface area contributed by atoms with Gasteiger partial charge >= 0.3 is 0 Å². The summed E-state index contributed by atoms with van der Waals surface area (Å²) in [5.74, 6) is 1.12. The number of hydrogen-bond donors (Lipinski definition) is 1. The van der Waals surface area contributed by atoms with Crippen LogP contribution in [0.25, 0.3) is 22.4 Å². The number of pyridine rings is 1. The quantitative estimate of drug-likeness (QED) is 0.580. The van der Waals surface area contributed by atoms with Crippen LogP contribution in [0.5, 0.6) is 0 Å². The summed E-state index contributed by atoms with van der Waals surface area (Å²) in [4.78, 5) is 13.6. The number of aromatic nitrogens is 3. The van der Waals surface area contributed by atoms with Gasteiger partial charge in [-0.25, -0.2) is 14.4 Å². The summed E-state index contributed by atoms with van der Waals surface area (Å²) >= 11 is 0. The molecule has 2 aromatic heterocycles. The normalized spacial score (nSPS) is 10.8. The summed E-state index contributed by atoms with van der Waals surface area (Å²) in [6.45, 7) is 0.645. The van der Waals surface area contributed by atoms with Crippen molar-refractivity contribution in [3.8, 4) is 11.5 Å². The lowest BCUT2D eigenvalue weighted by atomic mass is 10.1. The number of rotatable bonds is 5. The maximum atomic E-state index is 13.3. The van der Waals surface area contributed by atoms with Gasteiger partial charge in [0, 0.05) is 18.1 Å². The largest absolute Gasteiger partial charge is 0.369 e. The molecule has 0 amide bonds. The van der Waals surface area contributed by atoms with Crippen molar-refractivity contribution in [3.05, 3.63) is 84.3 Å². The first-order chi connectivity index (χ1) is 12.8. The summed E-state index contributed by atoms with van der Waals surface area (Å²) in [5.41, 5.74) is 2.53. The molecule has 0 bridgehead atoms. The van der Waals surface area contributed by atoms with Crippen LogP contribution in [0.3, 0.4) is 0 Å². The molecule has 2 heterocycles. The smallest absolute Gasteiger partial charge is 0.180 e. The first-order valence-corrected chi connectivity index (χ1v) is 8.46. The number of benzene rings is 2. The minimum Gasteiger partial charge on any atom is -0.369 e. The Balaban J connectivity index is 1.62. The highest BCUT2D eigenvalue weighted by molar-refractivity contribution is 5.90. The standard InChI is InChI=1S/C21H17FN4/c22-16-7-5-6-15(14-16)11-13-24-20-17-8-1-2-9-18(17)25-21(26-20)19-10-3-4-12-23-19/h1-10,12,14H,11,13H2,(H,24,25,26). The van der Waals surface area contributed by atoms with Crippen molar-refractivity contribution < 1.29 is 4.39 Å². The van der Waals surface area contributed by atoms with E-state index in [1.165, 1.54) is 6.07 Å². The molecule has 26 heavy (non-hydrogen) atoms. The fraction of sp³-hybridized carbons (Fsp3) is 0.0952. The molecular formula is C21H17FN4. The molecule has 0 aliphatic heterocycles. The molecule has 4 rings (SSSR count). The lowest BCUT2D eigenvalue weighted by molar-refractivity contribution is 0.625. The van der Waals surface area contributed by atoms with E-state index >= 15 is 0 Å². The van der Waals surface area contributed by atoms with E-state index < -0.39 is 0 Å². The average Bonchev–Trinajstić information content (AvgIpc) is 2.68. The highest BCUT2D eigenvalue weighted by Crippen LogP contribution is 2.23. The Labute approximate surface area is 150 Å². The van der Waals surface area contributed by atoms with E-state index in [1.807, 2.05) is 48.5 Å². The van der Waals surface area contributed by atoms with Crippen molar-refractivity contribution >= 4 is 16.7 Å². The van der Waals surface area contributed by atoms with Gasteiger partial charge in [0.25, 0.3) is 0 Å². The van der Waals surface area contributed by atoms with E-state index in [0.29, 0.717) is 18.8 Å². The van der Waals surface area contributed by atoms with Crippen molar-refractivity contribution in [1.29, 1.82) is 0 Å². The minimum atomic E-state index is -0.215. The summed E-state index contributed by atoms with van der Waals surface area (Å²) in [6.07, 6.45) is 2.43. The Bertz CT molecular complexity index is 1030. The molecule has 0 radical (unpaired) electrons. The van der Waals surface area contributed by atoms with E-state index in [4.69, 9.17) is 0 Å². The Morgan fingerprint density at radius 3 is 2.62 bits per heavy atom. The lowest BCUT2D eigenvalue weighted by Crippen LogP contribution is -2.08. The van der Waals surface area contributed by atoms with Gasteiger partial charge in [0.2, 0.25) is 0 Å². The summed E-state index contributed by atoms with van der Waals surface area (Å²) in [7, 11) is 0. The first kappa shape index (κ1) is 16.1. The highest BCUT2D eigenvalue weighted by Gasteiger charge is 2.09. The molecule has 0 fully saturated rings. The molecular weight excluding hydrogens is 327 g/mol. The zero-order valence-corrected chi connectivity index (χ0v) is 14.1. The zero-order valence-electron chi connectivity index (χ0n) is 14.1. The third-order valence-electron chi connectivity index (χ3n) is 4.09. The van der Waals surface area contributed by atoms with Crippen LogP contribution in [0, 0.1) is 5.82 Å². The molecule has 0 saturated carbocycles. The summed E-state index contributed by atoms with van der Waals surface area (Å²) in [6, 6.07) is 20.2. The molecule has 4 aromatic rings. The molecule has 0 unspecified atom stereocenters. The number of halogens is 1. The molecule has 0 aliphatic carbocycles. The topological polar surface area (TPSA) is 50.7 Å². The fourth-order valence-corrected chi connectivity index (χ4v) is 2.84. The van der Waals surface area contributed by atoms with Crippen LogP contribution < -0.4 is 5.32 Å². The average molecular weight is 344 g/mol. The van der Waals surface area contributed by atoms with Gasteiger partial charge in [-0.2, -0.15) is 0 Å². The molecule has 0 atom stereocenters. The Hall–Kier alpha value is -3.34. The maximum absolute atomic E-state index is 13.3. The molecule has 2 aromatic carbocycles. The molecule has 1 N–H and O–H groups in total. The van der Waals surface area contributed by atoms with E-state index in [0.717, 1.165) is 28.0 Å². The van der Waals surface area contributed by atoms with Crippen LogP contribution in [0.1, 0.15) is 5.56 Å². The van der Waals surface area contributed by atoms with Crippen LogP contribution >= 0.6 is 0 Å². The zero-order chi connectivity index (χ0) is 17.8. The predicted molar refractivity (Wildman–Crippen MR) is 101 cm³/mol. The van der Waals surface area contributed by atoms with E-state index in [9.17, 15) is 4.39 Å². The predicted octanol–water partition coefficient (Wildman–Crippen LogP) is 4.49. The third-order valence-corrected chi connectivity index (χ3v) is 4.09. The highest BCUT2D eigenvalue weighted by atomic mass is 19.1. The number of hydrogen-bond acceptors (Lipinski definition) is 4. The SMILES string of the molecule is Fc1cccc(CCNc2nc(-c3ccccn3)nc3ccccc23)c1. The number of anilines is 1. The fourth-order valence-electron chi connectivity index (χ4n) is 2.84. The summed E-state index contributed by atoms with van der Waals surface area (Å²) in [5, 5.41) is 4.31. The van der Waals surface area contributed by atoms with E-state index in [2.05, 4.69) is 20.3 Å². The Morgan fingerprint density at radius 1 is 0.885 bits per heavy atom. The maximum Gasteiger partial charge on any atom is 0.180 e. The molecule has 128 valence electrons. The van der Waals surface area contributed by atoms with Gasteiger partial charge in [-0.15, -0.1) is 0 Å². The van der Waals surface area contributed by atoms with Crippen LogP contribution in [-0.4, -0.2) is 21.5 Å². The van der Waals surface area contributed by atoms with Crippen molar-refractivity contribution in [2.24, 2.45) is 0 Å². The minimum absolute atomic E-state index is 0.215. The molecule has 5 heteroatoms. The van der Waals surface area contributed by atoms with Gasteiger partial charge in [0.1, 0.15) is 17.3 Å². The second kappa shape index (κ2) is 7.27. The number of nitrogens with zero attached hydrogens (tertiary/aromatic N) is 3. The van der Waals surface area contributed by atoms with Gasteiger partial charge in [0.05, 0.1) is 5.52 Å². The van der Waals surface area contributed by atoms with Crippen LogP contribution in [0.4, 0.5) is 10.2 Å². The second-order valence-corrected chi connectivity index (χ2v) is 5.93. The molecule has 4 nitrogen and oxygen atoms in total.